The van der Waals surface area contributed by atoms with E-state index in [2.05, 4.69) is 0 Å². The van der Waals surface area contributed by atoms with Gasteiger partial charge in [0.15, 0.2) is 0 Å². The van der Waals surface area contributed by atoms with Gasteiger partial charge in [0.1, 0.15) is 0 Å². The molecule has 0 aliphatic carbocycles. The second-order valence-corrected chi connectivity index (χ2v) is 4.48. The van der Waals surface area contributed by atoms with Gasteiger partial charge in [-0.25, -0.2) is 8.42 Å². The van der Waals surface area contributed by atoms with Crippen LogP contribution in [0.1, 0.15) is 0 Å². The predicted octanol–water partition coefficient (Wildman–Crippen LogP) is -0.360. The van der Waals surface area contributed by atoms with Gasteiger partial charge in [0, 0.05) is 0 Å². The van der Waals surface area contributed by atoms with E-state index in [-0.39, 0.29) is 4.13 Å². The molecule has 0 unspecified atom stereocenters. The molecule has 0 radical (unpaired) electrons. The number of halogens is 4. The fourth-order valence-electron chi connectivity index (χ4n) is 0.178. The van der Waals surface area contributed by atoms with Crippen molar-refractivity contribution >= 4 is 20.4 Å². The van der Waals surface area contributed by atoms with Crippen molar-refractivity contribution in [3.63, 3.8) is 0 Å². The number of hydrogen-bond acceptors (Lipinski definition) is 4. The van der Waals surface area contributed by atoms with E-state index in [0.29, 0.717) is 0 Å². The van der Waals surface area contributed by atoms with Crippen LogP contribution in [0.5, 0.6) is 0 Å². The van der Waals surface area contributed by atoms with E-state index >= 15 is 0 Å². The Morgan fingerprint density at radius 3 is 1.42 bits per heavy atom. The summed E-state index contributed by atoms with van der Waals surface area (Å²) in [6, 6.07) is 0. The van der Waals surface area contributed by atoms with E-state index in [1.165, 1.54) is 0 Å². The Morgan fingerprint density at radius 2 is 1.33 bits per heavy atom. The lowest BCUT2D eigenvalue weighted by atomic mass is 11.6. The molecular formula is CHF4NO4S2. The highest BCUT2D eigenvalue weighted by Crippen LogP contribution is 2.22. The summed E-state index contributed by atoms with van der Waals surface area (Å²) >= 11 is 0. The van der Waals surface area contributed by atoms with Crippen LogP contribution in [-0.2, 0) is 20.4 Å². The highest BCUT2D eigenvalue weighted by atomic mass is 32.3. The summed E-state index contributed by atoms with van der Waals surface area (Å²) in [4.78, 5) is 0. The second-order valence-electron chi connectivity index (χ2n) is 1.47. The van der Waals surface area contributed by atoms with E-state index in [1.54, 1.807) is 0 Å². The van der Waals surface area contributed by atoms with Crippen LogP contribution in [0.4, 0.5) is 17.1 Å². The van der Waals surface area contributed by atoms with E-state index in [4.69, 9.17) is 0 Å². The lowest BCUT2D eigenvalue weighted by Crippen LogP contribution is -2.38. The molecule has 1 N–H and O–H groups in total. The lowest BCUT2D eigenvalue weighted by Gasteiger charge is -2.04. The molecule has 74 valence electrons. The Balaban J connectivity index is 4.96. The van der Waals surface area contributed by atoms with Gasteiger partial charge in [0.2, 0.25) is 0 Å². The molecule has 0 amide bonds. The minimum Gasteiger partial charge on any atom is -0.202 e. The Kier molecular flexibility index (Phi) is 2.71. The third-order valence-electron chi connectivity index (χ3n) is 0.514. The van der Waals surface area contributed by atoms with Gasteiger partial charge in [-0.15, -0.1) is 0 Å². The minimum atomic E-state index is -6.17. The van der Waals surface area contributed by atoms with Gasteiger partial charge in [-0.3, -0.25) is 0 Å². The average Bonchev–Trinajstić information content (AvgIpc) is 1.52. The summed E-state index contributed by atoms with van der Waals surface area (Å²) in [6.45, 7) is 0. The summed E-state index contributed by atoms with van der Waals surface area (Å²) < 4.78 is 83.5. The molecule has 0 spiro atoms. The van der Waals surface area contributed by atoms with Crippen LogP contribution in [0.2, 0.25) is 0 Å². The van der Waals surface area contributed by atoms with Gasteiger partial charge in [0.25, 0.3) is 0 Å². The van der Waals surface area contributed by atoms with Crippen molar-refractivity contribution < 1.29 is 33.9 Å². The summed E-state index contributed by atoms with van der Waals surface area (Å²) in [6.07, 6.45) is 0. The van der Waals surface area contributed by atoms with Gasteiger partial charge >= 0.3 is 25.9 Å². The highest BCUT2D eigenvalue weighted by Gasteiger charge is 2.48. The largest absolute Gasteiger partial charge is 0.512 e. The molecule has 0 saturated carbocycles. The SMILES string of the molecule is O=S(=O)(F)NS(=O)(=O)C(F)(F)F. The molecule has 0 aromatic rings. The fraction of sp³-hybridized carbons (Fsp3) is 1.00. The molecule has 0 bridgehead atoms. The van der Waals surface area contributed by atoms with E-state index in [1.807, 2.05) is 0 Å². The minimum absolute atomic E-state index is 0.212. The van der Waals surface area contributed by atoms with Crippen LogP contribution in [-0.4, -0.2) is 22.3 Å². The van der Waals surface area contributed by atoms with Crippen LogP contribution < -0.4 is 4.13 Å². The molecule has 0 aromatic carbocycles. The maximum Gasteiger partial charge on any atom is 0.512 e. The molecule has 0 saturated heterocycles. The van der Waals surface area contributed by atoms with Crippen LogP contribution in [0.25, 0.3) is 0 Å². The summed E-state index contributed by atoms with van der Waals surface area (Å²) in [5, 5.41) is 0. The van der Waals surface area contributed by atoms with E-state index in [0.717, 1.165) is 0 Å². The van der Waals surface area contributed by atoms with Crippen LogP contribution in [0.3, 0.4) is 0 Å². The van der Waals surface area contributed by atoms with Gasteiger partial charge in [-0.2, -0.15) is 21.6 Å². The number of hydrogen-bond donors (Lipinski definition) is 1. The van der Waals surface area contributed by atoms with Crippen LogP contribution in [0, 0.1) is 0 Å². The quantitative estimate of drug-likeness (QED) is 0.519. The van der Waals surface area contributed by atoms with Crippen molar-refractivity contribution in [1.29, 1.82) is 0 Å². The zero-order valence-corrected chi connectivity index (χ0v) is 6.59. The van der Waals surface area contributed by atoms with Gasteiger partial charge in [-0.05, 0) is 0 Å². The first-order valence-electron chi connectivity index (χ1n) is 2.00. The van der Waals surface area contributed by atoms with Gasteiger partial charge < -0.3 is 0 Å². The monoisotopic (exact) mass is 231 g/mol. The first-order valence-corrected chi connectivity index (χ1v) is 4.87. The number of nitrogens with one attached hydrogen (secondary N) is 1. The predicted molar refractivity (Wildman–Crippen MR) is 28.1 cm³/mol. The summed E-state index contributed by atoms with van der Waals surface area (Å²) in [5.74, 6) is 0. The molecular weight excluding hydrogens is 230 g/mol. The summed E-state index contributed by atoms with van der Waals surface area (Å²) in [5.41, 5.74) is -5.86. The molecule has 0 atom stereocenters. The second kappa shape index (κ2) is 2.81. The molecule has 11 heteroatoms. The first-order chi connectivity index (χ1) is 4.96. The zero-order chi connectivity index (χ0) is 10.2. The third-order valence-corrected chi connectivity index (χ3v) is 2.80. The van der Waals surface area contributed by atoms with Crippen molar-refractivity contribution in [2.24, 2.45) is 0 Å². The Labute approximate surface area is 64.8 Å². The zero-order valence-electron chi connectivity index (χ0n) is 4.96. The fourth-order valence-corrected chi connectivity index (χ4v) is 1.60. The van der Waals surface area contributed by atoms with Crippen molar-refractivity contribution in [2.45, 2.75) is 5.51 Å². The maximum atomic E-state index is 11.4. The van der Waals surface area contributed by atoms with E-state index < -0.39 is 25.9 Å². The molecule has 5 nitrogen and oxygen atoms in total. The Bertz CT molecular complexity index is 349. The Hall–Kier alpha value is -0.420. The third kappa shape index (κ3) is 3.32. The van der Waals surface area contributed by atoms with E-state index in [9.17, 15) is 33.9 Å². The van der Waals surface area contributed by atoms with Gasteiger partial charge in [0.05, 0.1) is 0 Å². The van der Waals surface area contributed by atoms with Crippen molar-refractivity contribution in [3.8, 4) is 0 Å². The first kappa shape index (κ1) is 11.6. The molecule has 12 heavy (non-hydrogen) atoms. The maximum absolute atomic E-state index is 11.4. The van der Waals surface area contributed by atoms with Crippen molar-refractivity contribution in [3.05, 3.63) is 0 Å². The average molecular weight is 231 g/mol. The standard InChI is InChI=1S/CHF4NO4S2/c2-1(3,4)11(7,8)6-12(5,9)10/h6H. The summed E-state index contributed by atoms with van der Waals surface area (Å²) in [7, 11) is -12.1. The van der Waals surface area contributed by atoms with Gasteiger partial charge in [-0.1, -0.05) is 8.01 Å². The number of alkyl halides is 3. The lowest BCUT2D eigenvalue weighted by molar-refractivity contribution is -0.0441. The topological polar surface area (TPSA) is 80.3 Å². The van der Waals surface area contributed by atoms with Crippen molar-refractivity contribution in [2.75, 3.05) is 0 Å². The molecule has 0 aliphatic heterocycles. The molecule has 0 heterocycles. The van der Waals surface area contributed by atoms with Crippen molar-refractivity contribution in [1.82, 2.24) is 4.13 Å². The molecule has 0 aromatic heterocycles. The normalized spacial score (nSPS) is 14.7. The van der Waals surface area contributed by atoms with Crippen LogP contribution >= 0.6 is 0 Å². The highest BCUT2D eigenvalue weighted by molar-refractivity contribution is 8.03. The molecule has 0 fully saturated rings. The van der Waals surface area contributed by atoms with Crippen LogP contribution in [0.15, 0.2) is 0 Å². The number of rotatable bonds is 2. The molecule has 0 aliphatic rings. The Morgan fingerprint density at radius 1 is 1.00 bits per heavy atom. The number of sulfonamides is 1. The smallest absolute Gasteiger partial charge is 0.202 e. The molecule has 0 rings (SSSR count).